The molecule has 0 radical (unpaired) electrons. The SMILES string of the molecule is CC[C@@H]1C[C@]1(NC(=O)[C@@H]1C[C@@H](Oc2cc(Sc3ncn[nH]3)nc3c(Cl)c(OCCN4CCOCC4)ccc23)CN1C(=O)[C@@H](NC(=O)OC1CC(C)[C@H](C)C1)C(C)(C)C)C(=O)O. The number of nitrogens with zero attached hydrogens (tertiary/aromatic N) is 5. The highest BCUT2D eigenvalue weighted by Gasteiger charge is 2.61. The zero-order valence-electron chi connectivity index (χ0n) is 35.6. The molecule has 2 aromatic heterocycles. The third-order valence-electron chi connectivity index (χ3n) is 12.5. The number of aromatic nitrogens is 4. The molecule has 2 unspecified atom stereocenters. The molecule has 3 aromatic rings. The van der Waals surface area contributed by atoms with Crippen LogP contribution in [0.15, 0.2) is 34.7 Å². The number of H-pyrrole nitrogens is 1. The number of carboxylic acid groups (broad SMARTS) is 1. The van der Waals surface area contributed by atoms with Gasteiger partial charge in [0.25, 0.3) is 0 Å². The lowest BCUT2D eigenvalue weighted by atomic mass is 9.85. The number of amides is 3. The summed E-state index contributed by atoms with van der Waals surface area (Å²) in [5.74, 6) is -0.847. The van der Waals surface area contributed by atoms with Crippen LogP contribution in [0.2, 0.25) is 5.02 Å². The van der Waals surface area contributed by atoms with Crippen molar-refractivity contribution in [2.75, 3.05) is 46.0 Å². The van der Waals surface area contributed by atoms with Crippen molar-refractivity contribution in [2.45, 2.75) is 114 Å². The Kier molecular flexibility index (Phi) is 13.6. The van der Waals surface area contributed by atoms with Crippen LogP contribution in [0.25, 0.3) is 10.9 Å². The van der Waals surface area contributed by atoms with Crippen LogP contribution in [0, 0.1) is 23.2 Å². The van der Waals surface area contributed by atoms with Crippen LogP contribution in [0.5, 0.6) is 11.5 Å². The van der Waals surface area contributed by atoms with Gasteiger partial charge in [-0.1, -0.05) is 59.6 Å². The van der Waals surface area contributed by atoms with Crippen molar-refractivity contribution < 1.29 is 43.2 Å². The predicted octanol–water partition coefficient (Wildman–Crippen LogP) is 5.16. The highest BCUT2D eigenvalue weighted by Crippen LogP contribution is 2.47. The van der Waals surface area contributed by atoms with Gasteiger partial charge in [0.2, 0.25) is 11.8 Å². The molecule has 61 heavy (non-hydrogen) atoms. The molecule has 2 saturated heterocycles. The third-order valence-corrected chi connectivity index (χ3v) is 13.7. The highest BCUT2D eigenvalue weighted by molar-refractivity contribution is 7.99. The van der Waals surface area contributed by atoms with E-state index in [1.54, 1.807) is 12.1 Å². The molecule has 3 amide bonds. The zero-order chi connectivity index (χ0) is 43.6. The van der Waals surface area contributed by atoms with Gasteiger partial charge in [0.15, 0.2) is 5.16 Å². The summed E-state index contributed by atoms with van der Waals surface area (Å²) in [5.41, 5.74) is -1.81. The lowest BCUT2D eigenvalue weighted by molar-refractivity contribution is -0.146. The van der Waals surface area contributed by atoms with Gasteiger partial charge in [-0.3, -0.25) is 19.6 Å². The van der Waals surface area contributed by atoms with Crippen LogP contribution in [-0.4, -0.2) is 135 Å². The second-order valence-electron chi connectivity index (χ2n) is 17.9. The smallest absolute Gasteiger partial charge is 0.408 e. The maximum Gasteiger partial charge on any atom is 0.408 e. The summed E-state index contributed by atoms with van der Waals surface area (Å²) >= 11 is 8.23. The molecule has 0 spiro atoms. The Morgan fingerprint density at radius 3 is 2.48 bits per heavy atom. The standard InChI is InChI=1S/C42H57ClN8O9S/c1-7-25-20-42(25,38(54)55)48-36(52)29-18-27(21-51(29)37(53)35(41(4,5)6)47-40(56)60-26-16-23(2)24(3)17-26)59-31-19-32(61-39-44-22-45-49-39)46-34-28(31)8-9-30(33(34)43)58-15-12-50-10-13-57-14-11-50/h8-9,19,22-27,29,35H,7,10-18,20-21H2,1-6H3,(H,47,56)(H,48,52)(H,54,55)(H,44,45,49)/t23-,24?,25-,26?,27-,29+,35-,42-/m1/s1. The molecule has 4 fully saturated rings. The summed E-state index contributed by atoms with van der Waals surface area (Å²) in [6.07, 6.45) is 2.02. The summed E-state index contributed by atoms with van der Waals surface area (Å²) in [6.45, 7) is 15.7. The fourth-order valence-electron chi connectivity index (χ4n) is 8.65. The van der Waals surface area contributed by atoms with Gasteiger partial charge in [-0.25, -0.2) is 19.6 Å². The number of likely N-dealkylation sites (tertiary alicyclic amines) is 1. The molecule has 4 heterocycles. The highest BCUT2D eigenvalue weighted by atomic mass is 35.5. The van der Waals surface area contributed by atoms with E-state index in [1.165, 1.54) is 23.0 Å². The van der Waals surface area contributed by atoms with Crippen LogP contribution in [0.3, 0.4) is 0 Å². The number of pyridine rings is 1. The Morgan fingerprint density at radius 2 is 1.84 bits per heavy atom. The third kappa shape index (κ3) is 10.1. The molecule has 4 aliphatic rings. The number of alkyl carbamates (subject to hydrolysis) is 1. The first-order chi connectivity index (χ1) is 29.1. The number of rotatable bonds is 15. The quantitative estimate of drug-likeness (QED) is 0.155. The van der Waals surface area contributed by atoms with Crippen molar-refractivity contribution in [1.82, 2.24) is 40.6 Å². The molecule has 7 rings (SSSR count). The van der Waals surface area contributed by atoms with E-state index in [4.69, 9.17) is 35.5 Å². The average molecular weight is 885 g/mol. The van der Waals surface area contributed by atoms with Crippen LogP contribution >= 0.6 is 23.4 Å². The van der Waals surface area contributed by atoms with Crippen molar-refractivity contribution in [2.24, 2.45) is 23.2 Å². The van der Waals surface area contributed by atoms with Crippen molar-refractivity contribution in [3.05, 3.63) is 29.5 Å². The topological polar surface area (TPSA) is 210 Å². The number of aliphatic carboxylic acids is 1. The van der Waals surface area contributed by atoms with Gasteiger partial charge in [0.1, 0.15) is 64.3 Å². The summed E-state index contributed by atoms with van der Waals surface area (Å²) in [6, 6.07) is 3.11. The molecule has 332 valence electrons. The van der Waals surface area contributed by atoms with Crippen molar-refractivity contribution in [3.8, 4) is 11.5 Å². The van der Waals surface area contributed by atoms with E-state index in [0.29, 0.717) is 77.2 Å². The van der Waals surface area contributed by atoms with E-state index in [2.05, 4.69) is 44.6 Å². The minimum Gasteiger partial charge on any atom is -0.491 e. The van der Waals surface area contributed by atoms with Gasteiger partial charge in [0, 0.05) is 37.5 Å². The Balaban J connectivity index is 1.17. The first kappa shape index (κ1) is 44.7. The van der Waals surface area contributed by atoms with Crippen LogP contribution in [-0.2, 0) is 23.9 Å². The van der Waals surface area contributed by atoms with Gasteiger partial charge < -0.3 is 39.6 Å². The number of halogens is 1. The molecule has 1 aromatic carbocycles. The van der Waals surface area contributed by atoms with Gasteiger partial charge in [0.05, 0.1) is 25.3 Å². The van der Waals surface area contributed by atoms with E-state index < -0.39 is 53.0 Å². The Bertz CT molecular complexity index is 2070. The molecule has 2 aliphatic carbocycles. The number of hydrogen-bond acceptors (Lipinski definition) is 13. The molecule has 2 saturated carbocycles. The van der Waals surface area contributed by atoms with Gasteiger partial charge in [-0.2, -0.15) is 5.10 Å². The van der Waals surface area contributed by atoms with Gasteiger partial charge >= 0.3 is 12.1 Å². The average Bonchev–Trinajstić information content (AvgIpc) is 3.50. The fourth-order valence-corrected chi connectivity index (χ4v) is 9.61. The number of carbonyl (C=O) groups is 4. The molecule has 0 bridgehead atoms. The number of carboxylic acids is 1. The van der Waals surface area contributed by atoms with E-state index in [-0.39, 0.29) is 36.4 Å². The van der Waals surface area contributed by atoms with E-state index in [0.717, 1.165) is 25.9 Å². The first-order valence-corrected chi connectivity index (χ1v) is 22.3. The van der Waals surface area contributed by atoms with E-state index in [9.17, 15) is 24.3 Å². The minimum atomic E-state index is -1.42. The maximum absolute atomic E-state index is 14.8. The van der Waals surface area contributed by atoms with E-state index in [1.807, 2.05) is 33.8 Å². The minimum absolute atomic E-state index is 0.0358. The largest absolute Gasteiger partial charge is 0.491 e. The summed E-state index contributed by atoms with van der Waals surface area (Å²) in [5, 5.41) is 24.4. The molecular weight excluding hydrogens is 828 g/mol. The summed E-state index contributed by atoms with van der Waals surface area (Å²) in [4.78, 5) is 67.7. The molecule has 8 atom stereocenters. The van der Waals surface area contributed by atoms with Crippen LogP contribution in [0.1, 0.15) is 73.6 Å². The molecule has 4 N–H and O–H groups in total. The first-order valence-electron chi connectivity index (χ1n) is 21.1. The number of ether oxygens (including phenoxy) is 4. The normalized spacial score (nSPS) is 27.1. The van der Waals surface area contributed by atoms with Crippen molar-refractivity contribution in [1.29, 1.82) is 0 Å². The second-order valence-corrected chi connectivity index (χ2v) is 19.3. The number of carbonyl (C=O) groups excluding carboxylic acids is 3. The monoisotopic (exact) mass is 884 g/mol. The van der Waals surface area contributed by atoms with E-state index >= 15 is 0 Å². The number of nitrogens with one attached hydrogen (secondary N) is 3. The summed E-state index contributed by atoms with van der Waals surface area (Å²) in [7, 11) is 0. The number of hydrogen-bond donors (Lipinski definition) is 4. The molecule has 17 nitrogen and oxygen atoms in total. The van der Waals surface area contributed by atoms with Crippen LogP contribution in [0.4, 0.5) is 4.79 Å². The maximum atomic E-state index is 14.8. The number of morpholine rings is 1. The lowest BCUT2D eigenvalue weighted by Crippen LogP contribution is -2.59. The number of aromatic amines is 1. The van der Waals surface area contributed by atoms with Crippen molar-refractivity contribution in [3.63, 3.8) is 0 Å². The Morgan fingerprint density at radius 1 is 1.10 bits per heavy atom. The zero-order valence-corrected chi connectivity index (χ0v) is 37.1. The van der Waals surface area contributed by atoms with Gasteiger partial charge in [-0.15, -0.1) is 0 Å². The molecule has 2 aliphatic heterocycles. The fraction of sp³-hybridized carbons (Fsp3) is 0.643. The Labute approximate surface area is 364 Å². The number of fused-ring (bicyclic) bond motifs is 1. The molecular formula is C42H57ClN8O9S. The number of benzene rings is 1. The predicted molar refractivity (Wildman–Crippen MR) is 226 cm³/mol. The molecule has 19 heteroatoms. The Hall–Kier alpha value is -4.39. The lowest BCUT2D eigenvalue weighted by Gasteiger charge is -2.35. The second kappa shape index (κ2) is 18.5. The van der Waals surface area contributed by atoms with Crippen LogP contribution < -0.4 is 20.1 Å². The summed E-state index contributed by atoms with van der Waals surface area (Å²) < 4.78 is 24.2. The van der Waals surface area contributed by atoms with Gasteiger partial charge in [-0.05, 0) is 66.3 Å². The van der Waals surface area contributed by atoms with Crippen molar-refractivity contribution >= 4 is 58.1 Å².